The van der Waals surface area contributed by atoms with Gasteiger partial charge >= 0.3 is 11.9 Å². The number of carbonyl (C=O) groups is 2. The highest BCUT2D eigenvalue weighted by Crippen LogP contribution is 2.02. The Bertz CT molecular complexity index is 240. The summed E-state index contributed by atoms with van der Waals surface area (Å²) in [4.78, 5) is 21.9. The Kier molecular flexibility index (Phi) is 5.15. The average Bonchev–Trinajstić information content (AvgIpc) is 1.98. The number of esters is 1. The summed E-state index contributed by atoms with van der Waals surface area (Å²) in [5, 5.41) is 0. The van der Waals surface area contributed by atoms with E-state index in [0.717, 1.165) is 12.2 Å². The van der Waals surface area contributed by atoms with Gasteiger partial charge in [0.1, 0.15) is 0 Å². The molecular formula is C9H16O4Si. The number of carbonyl (C=O) groups excluding carboxylic acids is 2. The highest BCUT2D eigenvalue weighted by atomic mass is 28.4. The number of hydrogen-bond acceptors (Lipinski definition) is 4. The third-order valence-corrected chi connectivity index (χ3v) is 1.86. The van der Waals surface area contributed by atoms with E-state index < -0.39 is 20.3 Å². The molecule has 0 aromatic carbocycles. The molecule has 0 aliphatic rings. The largest absolute Gasteiger partial charge is 0.517 e. The van der Waals surface area contributed by atoms with Crippen LogP contribution < -0.4 is 0 Å². The molecule has 0 unspecified atom stereocenters. The molecule has 0 rings (SSSR count). The normalized spacial score (nSPS) is 11.4. The van der Waals surface area contributed by atoms with Gasteiger partial charge in [0.2, 0.25) is 8.32 Å². The summed E-state index contributed by atoms with van der Waals surface area (Å²) in [6, 6.07) is 0. The lowest BCUT2D eigenvalue weighted by molar-refractivity contribution is -0.138. The van der Waals surface area contributed by atoms with Gasteiger partial charge in [-0.05, 0) is 26.6 Å². The lowest BCUT2D eigenvalue weighted by atomic mass is 10.5. The van der Waals surface area contributed by atoms with Crippen molar-refractivity contribution in [3.8, 4) is 0 Å². The second kappa shape index (κ2) is 5.59. The van der Waals surface area contributed by atoms with Crippen molar-refractivity contribution in [1.82, 2.24) is 0 Å². The van der Waals surface area contributed by atoms with Gasteiger partial charge in [-0.3, -0.25) is 0 Å². The molecule has 5 heteroatoms. The quantitative estimate of drug-likeness (QED) is 0.406. The molecule has 0 bridgehead atoms. The Hall–Kier alpha value is -1.10. The minimum atomic E-state index is -1.86. The summed E-state index contributed by atoms with van der Waals surface area (Å²) in [6.45, 7) is 7.67. The van der Waals surface area contributed by atoms with Crippen molar-refractivity contribution >= 4 is 20.3 Å². The smallest absolute Gasteiger partial charge is 0.330 e. The van der Waals surface area contributed by atoms with Crippen LogP contribution in [0, 0.1) is 0 Å². The highest BCUT2D eigenvalue weighted by molar-refractivity contribution is 6.71. The summed E-state index contributed by atoms with van der Waals surface area (Å²) in [5.41, 5.74) is 0. The number of rotatable bonds is 4. The molecule has 0 saturated carbocycles. The second-order valence-corrected chi connectivity index (χ2v) is 8.05. The molecule has 0 aromatic rings. The van der Waals surface area contributed by atoms with Crippen LogP contribution in [0.15, 0.2) is 12.2 Å². The van der Waals surface area contributed by atoms with Gasteiger partial charge in [-0.15, -0.1) is 0 Å². The summed E-state index contributed by atoms with van der Waals surface area (Å²) < 4.78 is 9.67. The lowest BCUT2D eigenvalue weighted by Gasteiger charge is -2.15. The maximum atomic E-state index is 11.1. The number of hydrogen-bond donors (Lipinski definition) is 0. The molecule has 0 spiro atoms. The van der Waals surface area contributed by atoms with Gasteiger partial charge in [-0.1, -0.05) is 0 Å². The van der Waals surface area contributed by atoms with Crippen molar-refractivity contribution in [1.29, 1.82) is 0 Å². The highest BCUT2D eigenvalue weighted by Gasteiger charge is 2.18. The Morgan fingerprint density at radius 2 is 1.64 bits per heavy atom. The molecule has 0 aromatic heterocycles. The molecule has 0 aliphatic heterocycles. The van der Waals surface area contributed by atoms with Gasteiger partial charge in [0, 0.05) is 12.2 Å². The molecule has 4 nitrogen and oxygen atoms in total. The minimum absolute atomic E-state index is 0.298. The SMILES string of the molecule is CCOC(=O)C=CC(=O)O[Si](C)(C)C. The van der Waals surface area contributed by atoms with E-state index in [1.165, 1.54) is 0 Å². The van der Waals surface area contributed by atoms with Gasteiger partial charge in [0.25, 0.3) is 0 Å². The number of ether oxygens (including phenoxy) is 1. The van der Waals surface area contributed by atoms with Crippen molar-refractivity contribution < 1.29 is 18.8 Å². The van der Waals surface area contributed by atoms with Crippen LogP contribution >= 0.6 is 0 Å². The summed E-state index contributed by atoms with van der Waals surface area (Å²) >= 11 is 0. The third-order valence-electron chi connectivity index (χ3n) is 1.05. The maximum Gasteiger partial charge on any atom is 0.330 e. The van der Waals surface area contributed by atoms with E-state index in [1.807, 2.05) is 19.6 Å². The van der Waals surface area contributed by atoms with Crippen molar-refractivity contribution in [3.63, 3.8) is 0 Å². The van der Waals surface area contributed by atoms with Crippen LogP contribution in [0.3, 0.4) is 0 Å². The molecular weight excluding hydrogens is 200 g/mol. The molecule has 14 heavy (non-hydrogen) atoms. The summed E-state index contributed by atoms with van der Waals surface area (Å²) in [7, 11) is -1.86. The first kappa shape index (κ1) is 12.9. The molecule has 0 saturated heterocycles. The molecule has 0 atom stereocenters. The van der Waals surface area contributed by atoms with E-state index in [9.17, 15) is 9.59 Å². The van der Waals surface area contributed by atoms with E-state index in [1.54, 1.807) is 6.92 Å². The first-order valence-corrected chi connectivity index (χ1v) is 7.84. The summed E-state index contributed by atoms with van der Waals surface area (Å²) in [6.07, 6.45) is 2.17. The molecule has 0 fully saturated rings. The third kappa shape index (κ3) is 7.54. The lowest BCUT2D eigenvalue weighted by Crippen LogP contribution is -2.28. The molecule has 0 radical (unpaired) electrons. The van der Waals surface area contributed by atoms with Gasteiger partial charge in [0.05, 0.1) is 6.61 Å². The van der Waals surface area contributed by atoms with Gasteiger partial charge in [-0.2, -0.15) is 0 Å². The van der Waals surface area contributed by atoms with Crippen LogP contribution in [0.1, 0.15) is 6.92 Å². The predicted molar refractivity (Wildman–Crippen MR) is 55.2 cm³/mol. The summed E-state index contributed by atoms with van der Waals surface area (Å²) in [5.74, 6) is -1.02. The fraction of sp³-hybridized carbons (Fsp3) is 0.556. The standard InChI is InChI=1S/C9H16O4Si/c1-5-12-8(10)6-7-9(11)13-14(2,3)4/h6-7H,5H2,1-4H3. The van der Waals surface area contributed by atoms with Crippen molar-refractivity contribution in [2.24, 2.45) is 0 Å². The van der Waals surface area contributed by atoms with E-state index in [-0.39, 0.29) is 0 Å². The second-order valence-electron chi connectivity index (χ2n) is 3.62. The van der Waals surface area contributed by atoms with Crippen LogP contribution in [-0.2, 0) is 18.8 Å². The molecule has 0 aliphatic carbocycles. The van der Waals surface area contributed by atoms with E-state index in [2.05, 4.69) is 4.74 Å². The topological polar surface area (TPSA) is 52.6 Å². The van der Waals surface area contributed by atoms with Gasteiger partial charge < -0.3 is 9.16 Å². The van der Waals surface area contributed by atoms with Crippen LogP contribution in [0.5, 0.6) is 0 Å². The average molecular weight is 216 g/mol. The van der Waals surface area contributed by atoms with Crippen molar-refractivity contribution in [3.05, 3.63) is 12.2 Å². The Balaban J connectivity index is 4.00. The first-order valence-electron chi connectivity index (χ1n) is 4.43. The monoisotopic (exact) mass is 216 g/mol. The first-order chi connectivity index (χ1) is 6.35. The Labute approximate surface area is 85.0 Å². The molecule has 0 amide bonds. The van der Waals surface area contributed by atoms with Crippen LogP contribution in [0.25, 0.3) is 0 Å². The fourth-order valence-electron chi connectivity index (χ4n) is 0.662. The van der Waals surface area contributed by atoms with Crippen LogP contribution in [0.4, 0.5) is 0 Å². The van der Waals surface area contributed by atoms with Crippen molar-refractivity contribution in [2.45, 2.75) is 26.6 Å². The van der Waals surface area contributed by atoms with Gasteiger partial charge in [-0.25, -0.2) is 9.59 Å². The molecule has 0 N–H and O–H groups in total. The fourth-order valence-corrected chi connectivity index (χ4v) is 1.33. The van der Waals surface area contributed by atoms with E-state index in [4.69, 9.17) is 4.43 Å². The van der Waals surface area contributed by atoms with Gasteiger partial charge in [0.15, 0.2) is 0 Å². The molecule has 80 valence electrons. The zero-order valence-corrected chi connectivity index (χ0v) is 9.99. The Morgan fingerprint density at radius 1 is 1.14 bits per heavy atom. The van der Waals surface area contributed by atoms with Crippen molar-refractivity contribution in [2.75, 3.05) is 6.61 Å². The Morgan fingerprint density at radius 3 is 2.07 bits per heavy atom. The maximum absolute atomic E-state index is 11.1. The van der Waals surface area contributed by atoms with Crippen LogP contribution in [-0.4, -0.2) is 26.9 Å². The van der Waals surface area contributed by atoms with Crippen LogP contribution in [0.2, 0.25) is 19.6 Å². The predicted octanol–water partition coefficient (Wildman–Crippen LogP) is 1.48. The van der Waals surface area contributed by atoms with E-state index >= 15 is 0 Å². The minimum Gasteiger partial charge on any atom is -0.517 e. The molecule has 0 heterocycles. The zero-order valence-electron chi connectivity index (χ0n) is 8.99. The zero-order chi connectivity index (χ0) is 11.2. The van der Waals surface area contributed by atoms with E-state index in [0.29, 0.717) is 6.61 Å².